The van der Waals surface area contributed by atoms with Gasteiger partial charge in [0.2, 0.25) is 5.88 Å². The number of aromatic amines is 1. The first-order valence-electron chi connectivity index (χ1n) is 5.15. The maximum absolute atomic E-state index is 11.3. The Kier molecular flexibility index (Phi) is 3.48. The van der Waals surface area contributed by atoms with Crippen molar-refractivity contribution in [1.29, 1.82) is 0 Å². The second-order valence-corrected chi connectivity index (χ2v) is 4.04. The van der Waals surface area contributed by atoms with E-state index in [1.807, 2.05) is 0 Å². The van der Waals surface area contributed by atoms with E-state index in [-0.39, 0.29) is 16.6 Å². The zero-order valence-corrected chi connectivity index (χ0v) is 10.5. The average molecular weight is 282 g/mol. The molecule has 98 valence electrons. The van der Waals surface area contributed by atoms with Crippen molar-refractivity contribution in [1.82, 2.24) is 9.97 Å². The largest absolute Gasteiger partial charge is 0.437 e. The van der Waals surface area contributed by atoms with Gasteiger partial charge in [-0.3, -0.25) is 14.9 Å². The van der Waals surface area contributed by atoms with Crippen molar-refractivity contribution in [2.75, 3.05) is 0 Å². The summed E-state index contributed by atoms with van der Waals surface area (Å²) in [4.78, 5) is 27.5. The molecule has 0 aliphatic rings. The Bertz CT molecular complexity index is 699. The number of halogens is 1. The van der Waals surface area contributed by atoms with E-state index in [4.69, 9.17) is 16.3 Å². The molecule has 1 heterocycles. The molecule has 1 aromatic carbocycles. The highest BCUT2D eigenvalue weighted by Gasteiger charge is 2.12. The lowest BCUT2D eigenvalue weighted by atomic mass is 10.2. The number of aryl methyl sites for hydroxylation is 1. The number of aromatic nitrogens is 2. The molecule has 2 aromatic rings. The molecule has 8 heteroatoms. The number of ether oxygens (including phenoxy) is 1. The molecule has 1 N–H and O–H groups in total. The highest BCUT2D eigenvalue weighted by Crippen LogP contribution is 2.29. The summed E-state index contributed by atoms with van der Waals surface area (Å²) >= 11 is 5.74. The lowest BCUT2D eigenvalue weighted by Gasteiger charge is -2.07. The Morgan fingerprint density at radius 2 is 2.21 bits per heavy atom. The Labute approximate surface area is 112 Å². The van der Waals surface area contributed by atoms with E-state index < -0.39 is 10.5 Å². The van der Waals surface area contributed by atoms with E-state index in [2.05, 4.69) is 9.97 Å². The number of nitro groups is 1. The SMILES string of the molecule is Cc1cc([N+](=O)[O-])ccc1Oc1nc[nH]c(=O)c1Cl. The van der Waals surface area contributed by atoms with Crippen LogP contribution in [-0.2, 0) is 0 Å². The predicted molar refractivity (Wildman–Crippen MR) is 67.8 cm³/mol. The molecular formula is C11H8ClN3O4. The molecule has 0 unspecified atom stereocenters. The number of rotatable bonds is 3. The van der Waals surface area contributed by atoms with Crippen LogP contribution in [0.5, 0.6) is 11.6 Å². The number of nitro benzene ring substituents is 1. The Morgan fingerprint density at radius 3 is 2.84 bits per heavy atom. The fraction of sp³-hybridized carbons (Fsp3) is 0.0909. The molecular weight excluding hydrogens is 274 g/mol. The molecule has 7 nitrogen and oxygen atoms in total. The van der Waals surface area contributed by atoms with Gasteiger partial charge >= 0.3 is 0 Å². The van der Waals surface area contributed by atoms with E-state index in [1.165, 1.54) is 18.2 Å². The van der Waals surface area contributed by atoms with Crippen LogP contribution in [0.15, 0.2) is 29.3 Å². The first kappa shape index (κ1) is 13.0. The van der Waals surface area contributed by atoms with E-state index in [9.17, 15) is 14.9 Å². The van der Waals surface area contributed by atoms with Crippen LogP contribution in [0.25, 0.3) is 0 Å². The number of H-pyrrole nitrogens is 1. The third kappa shape index (κ3) is 2.71. The minimum atomic E-state index is -0.522. The maximum Gasteiger partial charge on any atom is 0.273 e. The normalized spacial score (nSPS) is 10.2. The first-order valence-corrected chi connectivity index (χ1v) is 5.53. The van der Waals surface area contributed by atoms with E-state index in [0.717, 1.165) is 6.33 Å². The molecule has 0 atom stereocenters. The smallest absolute Gasteiger partial charge is 0.273 e. The fourth-order valence-electron chi connectivity index (χ4n) is 1.40. The van der Waals surface area contributed by atoms with Gasteiger partial charge < -0.3 is 9.72 Å². The summed E-state index contributed by atoms with van der Waals surface area (Å²) in [6.45, 7) is 1.64. The minimum Gasteiger partial charge on any atom is -0.437 e. The minimum absolute atomic E-state index is 0.0465. The molecule has 0 aliphatic carbocycles. The molecule has 0 amide bonds. The van der Waals surface area contributed by atoms with Gasteiger partial charge in [-0.05, 0) is 18.6 Å². The zero-order chi connectivity index (χ0) is 14.0. The number of hydrogen-bond acceptors (Lipinski definition) is 5. The van der Waals surface area contributed by atoms with Crippen molar-refractivity contribution in [3.63, 3.8) is 0 Å². The van der Waals surface area contributed by atoms with Crippen molar-refractivity contribution in [3.05, 3.63) is 55.6 Å². The lowest BCUT2D eigenvalue weighted by Crippen LogP contribution is -2.08. The van der Waals surface area contributed by atoms with Crippen LogP contribution in [0.4, 0.5) is 5.69 Å². The Hall–Kier alpha value is -2.41. The Morgan fingerprint density at radius 1 is 1.47 bits per heavy atom. The molecule has 0 saturated carbocycles. The van der Waals surface area contributed by atoms with Crippen molar-refractivity contribution < 1.29 is 9.66 Å². The second kappa shape index (κ2) is 5.07. The van der Waals surface area contributed by atoms with Gasteiger partial charge in [0.1, 0.15) is 5.75 Å². The van der Waals surface area contributed by atoms with Gasteiger partial charge in [0.15, 0.2) is 5.02 Å². The molecule has 0 saturated heterocycles. The van der Waals surface area contributed by atoms with E-state index in [1.54, 1.807) is 6.92 Å². The number of non-ortho nitro benzene ring substituents is 1. The van der Waals surface area contributed by atoms with E-state index >= 15 is 0 Å². The zero-order valence-electron chi connectivity index (χ0n) is 9.71. The molecule has 2 rings (SSSR count). The molecule has 0 spiro atoms. The van der Waals surface area contributed by atoms with Crippen LogP contribution in [0, 0.1) is 17.0 Å². The summed E-state index contributed by atoms with van der Waals surface area (Å²) in [7, 11) is 0. The van der Waals surface area contributed by atoms with Gasteiger partial charge in [-0.15, -0.1) is 0 Å². The average Bonchev–Trinajstić information content (AvgIpc) is 2.37. The third-order valence-corrected chi connectivity index (χ3v) is 2.67. The lowest BCUT2D eigenvalue weighted by molar-refractivity contribution is -0.384. The quantitative estimate of drug-likeness (QED) is 0.688. The van der Waals surface area contributed by atoms with Crippen LogP contribution >= 0.6 is 11.6 Å². The molecule has 0 bridgehead atoms. The van der Waals surface area contributed by atoms with Crippen molar-refractivity contribution in [2.24, 2.45) is 0 Å². The van der Waals surface area contributed by atoms with Crippen molar-refractivity contribution >= 4 is 17.3 Å². The van der Waals surface area contributed by atoms with Crippen molar-refractivity contribution in [2.45, 2.75) is 6.92 Å². The highest BCUT2D eigenvalue weighted by atomic mass is 35.5. The standard InChI is InChI=1S/C11H8ClN3O4/c1-6-4-7(15(17)18)2-3-8(6)19-11-9(12)10(16)13-5-14-11/h2-5H,1H3,(H,13,14,16). The first-order chi connectivity index (χ1) is 8.99. The molecule has 19 heavy (non-hydrogen) atoms. The van der Waals surface area contributed by atoms with Crippen LogP contribution in [0.3, 0.4) is 0 Å². The monoisotopic (exact) mass is 281 g/mol. The van der Waals surface area contributed by atoms with Crippen LogP contribution < -0.4 is 10.3 Å². The number of benzene rings is 1. The van der Waals surface area contributed by atoms with Crippen molar-refractivity contribution in [3.8, 4) is 11.6 Å². The number of nitrogens with zero attached hydrogens (tertiary/aromatic N) is 2. The molecule has 0 aliphatic heterocycles. The number of nitrogens with one attached hydrogen (secondary N) is 1. The Balaban J connectivity index is 2.36. The van der Waals surface area contributed by atoms with Crippen LogP contribution in [-0.4, -0.2) is 14.9 Å². The summed E-state index contributed by atoms with van der Waals surface area (Å²) in [5.41, 5.74) is -0.0339. The summed E-state index contributed by atoms with van der Waals surface area (Å²) < 4.78 is 5.37. The third-order valence-electron chi connectivity index (χ3n) is 2.34. The van der Waals surface area contributed by atoms with Crippen LogP contribution in [0.1, 0.15) is 5.56 Å². The van der Waals surface area contributed by atoms with Gasteiger partial charge in [0.05, 0.1) is 11.3 Å². The van der Waals surface area contributed by atoms with Gasteiger partial charge in [-0.2, -0.15) is 0 Å². The fourth-order valence-corrected chi connectivity index (χ4v) is 1.55. The maximum atomic E-state index is 11.3. The van der Waals surface area contributed by atoms with Gasteiger partial charge in [0.25, 0.3) is 11.2 Å². The van der Waals surface area contributed by atoms with Gasteiger partial charge in [-0.25, -0.2) is 4.98 Å². The van der Waals surface area contributed by atoms with E-state index in [0.29, 0.717) is 11.3 Å². The summed E-state index contributed by atoms with van der Waals surface area (Å²) in [6, 6.07) is 4.08. The summed E-state index contributed by atoms with van der Waals surface area (Å²) in [6.07, 6.45) is 1.16. The molecule has 0 fully saturated rings. The summed E-state index contributed by atoms with van der Waals surface area (Å²) in [5.74, 6) is 0.285. The molecule has 1 aromatic heterocycles. The topological polar surface area (TPSA) is 98.1 Å². The molecule has 0 radical (unpaired) electrons. The van der Waals surface area contributed by atoms with Gasteiger partial charge in [-0.1, -0.05) is 11.6 Å². The predicted octanol–water partition coefficient (Wildman–Crippen LogP) is 2.43. The summed E-state index contributed by atoms with van der Waals surface area (Å²) in [5, 5.41) is 10.4. The number of hydrogen-bond donors (Lipinski definition) is 1. The second-order valence-electron chi connectivity index (χ2n) is 3.66. The van der Waals surface area contributed by atoms with Crippen LogP contribution in [0.2, 0.25) is 5.02 Å². The highest BCUT2D eigenvalue weighted by molar-refractivity contribution is 6.31. The van der Waals surface area contributed by atoms with Gasteiger partial charge in [0, 0.05) is 12.1 Å².